The van der Waals surface area contributed by atoms with Gasteiger partial charge < -0.3 is 14.5 Å². The van der Waals surface area contributed by atoms with Gasteiger partial charge in [-0.1, -0.05) is 25.6 Å². The summed E-state index contributed by atoms with van der Waals surface area (Å²) in [7, 11) is 4.09. The summed E-state index contributed by atoms with van der Waals surface area (Å²) in [5.41, 5.74) is 5.53. The molecule has 1 aromatic rings. The molecule has 222 valence electrons. The first-order valence-corrected chi connectivity index (χ1v) is 16.3. The molecule has 4 saturated carbocycles. The summed E-state index contributed by atoms with van der Waals surface area (Å²) >= 11 is 0. The van der Waals surface area contributed by atoms with Crippen LogP contribution in [0.3, 0.4) is 0 Å². The number of allylic oxidation sites excluding steroid dienone is 2. The first-order chi connectivity index (χ1) is 19.7. The van der Waals surface area contributed by atoms with Crippen LogP contribution in [0.25, 0.3) is 5.57 Å². The number of ketones is 1. The predicted molar refractivity (Wildman–Crippen MR) is 167 cm³/mol. The molecule has 4 aliphatic carbocycles. The molecule has 5 nitrogen and oxygen atoms in total. The maximum atomic E-state index is 12.2. The lowest BCUT2D eigenvalue weighted by molar-refractivity contribution is -0.136. The van der Waals surface area contributed by atoms with E-state index in [1.54, 1.807) is 0 Å². The van der Waals surface area contributed by atoms with Gasteiger partial charge in [-0.3, -0.25) is 4.79 Å². The molecule has 0 unspecified atom stereocenters. The molecule has 0 radical (unpaired) electrons. The second-order valence-corrected chi connectivity index (χ2v) is 14.4. The fourth-order valence-corrected chi connectivity index (χ4v) is 9.55. The van der Waals surface area contributed by atoms with Gasteiger partial charge in [0, 0.05) is 49.7 Å². The van der Waals surface area contributed by atoms with Crippen LogP contribution < -0.4 is 9.64 Å². The van der Waals surface area contributed by atoms with Crippen LogP contribution in [-0.4, -0.2) is 32.2 Å². The van der Waals surface area contributed by atoms with E-state index in [9.17, 15) is 4.79 Å². The number of oxime groups is 1. The van der Waals surface area contributed by atoms with Crippen LogP contribution in [-0.2, 0) is 9.63 Å². The zero-order chi connectivity index (χ0) is 28.8. The molecule has 41 heavy (non-hydrogen) atoms. The van der Waals surface area contributed by atoms with Crippen molar-refractivity contribution in [3.8, 4) is 5.75 Å². The minimum Gasteiger partial charge on any atom is -0.457 e. The Morgan fingerprint density at radius 2 is 1.90 bits per heavy atom. The highest BCUT2D eigenvalue weighted by Gasteiger charge is 2.59. The van der Waals surface area contributed by atoms with E-state index in [2.05, 4.69) is 49.6 Å². The molecule has 0 spiro atoms. The third-order valence-corrected chi connectivity index (χ3v) is 12.0. The van der Waals surface area contributed by atoms with Crippen LogP contribution in [0.1, 0.15) is 103 Å². The number of ether oxygens (including phenoxy) is 1. The summed E-state index contributed by atoms with van der Waals surface area (Å²) in [6, 6.07) is 6.43. The van der Waals surface area contributed by atoms with E-state index in [0.717, 1.165) is 86.3 Å². The molecule has 6 rings (SSSR count). The Bertz CT molecular complexity index is 1250. The number of Topliss-reactive ketones (excluding diaryl/α,β-unsaturated/α-hetero) is 1. The van der Waals surface area contributed by atoms with Gasteiger partial charge in [-0.15, -0.1) is 0 Å². The lowest BCUT2D eigenvalue weighted by atomic mass is 9.45. The van der Waals surface area contributed by atoms with Crippen molar-refractivity contribution in [1.29, 1.82) is 0 Å². The predicted octanol–water partition coefficient (Wildman–Crippen LogP) is 8.59. The molecule has 6 atom stereocenters. The molecule has 0 bridgehead atoms. The van der Waals surface area contributed by atoms with Gasteiger partial charge in [0.2, 0.25) is 0 Å². The van der Waals surface area contributed by atoms with Crippen LogP contribution in [0.4, 0.5) is 5.69 Å². The van der Waals surface area contributed by atoms with Crippen molar-refractivity contribution < 1.29 is 14.4 Å². The van der Waals surface area contributed by atoms with E-state index in [4.69, 9.17) is 14.7 Å². The van der Waals surface area contributed by atoms with E-state index in [1.807, 2.05) is 14.1 Å². The van der Waals surface area contributed by atoms with E-state index in [0.29, 0.717) is 23.7 Å². The van der Waals surface area contributed by atoms with E-state index in [-0.39, 0.29) is 5.41 Å². The van der Waals surface area contributed by atoms with Crippen LogP contribution in [0.5, 0.6) is 5.75 Å². The Labute approximate surface area is 247 Å². The highest BCUT2D eigenvalue weighted by molar-refractivity contribution is 5.92. The largest absolute Gasteiger partial charge is 0.457 e. The Morgan fingerprint density at radius 1 is 1.05 bits per heavy atom. The van der Waals surface area contributed by atoms with Gasteiger partial charge in [0.05, 0.1) is 5.71 Å². The summed E-state index contributed by atoms with van der Waals surface area (Å²) in [5.74, 6) is 5.08. The van der Waals surface area contributed by atoms with E-state index >= 15 is 0 Å². The summed E-state index contributed by atoms with van der Waals surface area (Å²) in [4.78, 5) is 20.3. The molecule has 0 aromatic heterocycles. The molecule has 1 heterocycles. The number of nitrogens with zero attached hydrogens (tertiary/aromatic N) is 2. The molecule has 5 aliphatic rings. The minimum absolute atomic E-state index is 0.201. The number of unbranched alkanes of at least 4 members (excludes halogenated alkanes) is 2. The number of rotatable bonds is 8. The average Bonchev–Trinajstić information content (AvgIpc) is 3.28. The maximum Gasteiger partial charge on any atom is 0.136 e. The molecule has 5 heteroatoms. The van der Waals surface area contributed by atoms with Crippen molar-refractivity contribution in [1.82, 2.24) is 0 Å². The maximum absolute atomic E-state index is 12.2. The fourth-order valence-electron chi connectivity index (χ4n) is 9.55. The van der Waals surface area contributed by atoms with Crippen molar-refractivity contribution in [3.05, 3.63) is 42.2 Å². The van der Waals surface area contributed by atoms with Crippen LogP contribution in [0, 0.1) is 34.5 Å². The Balaban J connectivity index is 0.985. The Morgan fingerprint density at radius 3 is 2.73 bits per heavy atom. The lowest BCUT2D eigenvalue weighted by Crippen LogP contribution is -2.53. The molecular formula is C36H50N2O3. The fraction of sp³-hybridized carbons (Fsp3) is 0.667. The number of anilines is 1. The number of carbonyl (C=O) groups is 1. The molecule has 1 aromatic carbocycles. The normalized spacial score (nSPS) is 35.1. The van der Waals surface area contributed by atoms with Crippen molar-refractivity contribution in [2.75, 3.05) is 25.6 Å². The quantitative estimate of drug-likeness (QED) is 0.237. The summed E-state index contributed by atoms with van der Waals surface area (Å²) in [6.07, 6.45) is 16.6. The Hall–Kier alpha value is -2.56. The van der Waals surface area contributed by atoms with Gasteiger partial charge in [-0.05, 0) is 123 Å². The van der Waals surface area contributed by atoms with Gasteiger partial charge in [-0.25, -0.2) is 0 Å². The average molecular weight is 559 g/mol. The lowest BCUT2D eigenvalue weighted by Gasteiger charge is -2.59. The molecular weight excluding hydrogens is 508 g/mol. The third-order valence-electron chi connectivity index (χ3n) is 12.0. The monoisotopic (exact) mass is 558 g/mol. The first kappa shape index (κ1) is 28.6. The Kier molecular flexibility index (Phi) is 7.84. The third kappa shape index (κ3) is 5.27. The number of hydrogen-bond donors (Lipinski definition) is 0. The van der Waals surface area contributed by atoms with E-state index in [1.165, 1.54) is 49.0 Å². The van der Waals surface area contributed by atoms with Gasteiger partial charge in [-0.2, -0.15) is 0 Å². The smallest absolute Gasteiger partial charge is 0.136 e. The van der Waals surface area contributed by atoms with Crippen LogP contribution >= 0.6 is 0 Å². The molecule has 0 N–H and O–H groups in total. The minimum atomic E-state index is 0.201. The van der Waals surface area contributed by atoms with Crippen LogP contribution in [0.2, 0.25) is 0 Å². The molecule has 1 aliphatic heterocycles. The summed E-state index contributed by atoms with van der Waals surface area (Å²) < 4.78 is 5.92. The number of carbonyl (C=O) groups excluding carboxylic acids is 1. The van der Waals surface area contributed by atoms with Crippen molar-refractivity contribution in [2.24, 2.45) is 39.7 Å². The highest BCUT2D eigenvalue weighted by Crippen LogP contribution is 2.65. The summed E-state index contributed by atoms with van der Waals surface area (Å²) in [6.45, 7) is 9.78. The zero-order valence-corrected chi connectivity index (χ0v) is 25.8. The second kappa shape index (κ2) is 11.3. The molecule has 0 saturated heterocycles. The number of hydrogen-bond acceptors (Lipinski definition) is 5. The van der Waals surface area contributed by atoms with Crippen molar-refractivity contribution in [3.63, 3.8) is 0 Å². The van der Waals surface area contributed by atoms with Crippen molar-refractivity contribution >= 4 is 22.8 Å². The van der Waals surface area contributed by atoms with Gasteiger partial charge >= 0.3 is 0 Å². The summed E-state index contributed by atoms with van der Waals surface area (Å²) in [5, 5.41) is 4.80. The highest BCUT2D eigenvalue weighted by atomic mass is 16.6. The van der Waals surface area contributed by atoms with Gasteiger partial charge in [0.1, 0.15) is 23.9 Å². The van der Waals surface area contributed by atoms with E-state index < -0.39 is 0 Å². The topological polar surface area (TPSA) is 51.1 Å². The second-order valence-electron chi connectivity index (χ2n) is 14.4. The van der Waals surface area contributed by atoms with Crippen molar-refractivity contribution in [2.45, 2.75) is 97.3 Å². The van der Waals surface area contributed by atoms with Crippen LogP contribution in [0.15, 0.2) is 41.8 Å². The standard InChI is InChI=1S/C36H50N2O3/c1-24-21-25(29-13-11-27(38(4)5)23-33(29)41-24)9-7-6-8-20-40-37-34-15-14-31-30-12-10-26-22-28(39)16-18-35(26,2)32(30)17-19-36(31,34)3/h11,13,21,23,26,30-32H,1,6-10,12,14-20,22H2,2-5H3/b37-34-/t26-,30-,31-,32-,35-,36-/m0/s1. The van der Waals surface area contributed by atoms with Gasteiger partial charge in [0.25, 0.3) is 0 Å². The number of benzene rings is 1. The van der Waals surface area contributed by atoms with Gasteiger partial charge in [0.15, 0.2) is 0 Å². The number of fused-ring (bicyclic) bond motifs is 6. The zero-order valence-electron chi connectivity index (χ0n) is 25.8. The molecule has 0 amide bonds. The molecule has 4 fully saturated rings. The first-order valence-electron chi connectivity index (χ1n) is 16.3. The SMILES string of the molecule is C=C1C=C(CCCCCO/N=C2/CC[C@H]3[C@@H]4CC[C@H]5CC(=O)CC[C@]5(C)[C@H]4CC[C@]23C)c2ccc(N(C)C)cc2O1.